The number of hydrogen-bond donors (Lipinski definition) is 0. The van der Waals surface area contributed by atoms with Crippen LogP contribution in [0.5, 0.6) is 0 Å². The standard InChI is InChI=1S/C20H28N4O2/c1-15-12-22-17(13-21-15)18(25)23-11-9-20(14-23)8-5-10-24(19(20)26)16-6-3-2-4-7-16/h12-13,16H,2-11,14H2,1H3/t20-/m1/s1. The van der Waals surface area contributed by atoms with Crippen LogP contribution in [-0.4, -0.2) is 57.3 Å². The number of aryl methyl sites for hydroxylation is 1. The third kappa shape index (κ3) is 3.10. The van der Waals surface area contributed by atoms with Crippen LogP contribution in [0.1, 0.15) is 67.5 Å². The molecular weight excluding hydrogens is 328 g/mol. The highest BCUT2D eigenvalue weighted by Gasteiger charge is 2.50. The molecule has 1 aromatic rings. The number of rotatable bonds is 2. The van der Waals surface area contributed by atoms with E-state index in [1.165, 1.54) is 19.3 Å². The molecule has 1 aromatic heterocycles. The Kier molecular flexibility index (Phi) is 4.67. The van der Waals surface area contributed by atoms with Crippen LogP contribution in [-0.2, 0) is 4.79 Å². The van der Waals surface area contributed by atoms with Crippen molar-refractivity contribution in [2.24, 2.45) is 5.41 Å². The molecule has 3 fully saturated rings. The van der Waals surface area contributed by atoms with Gasteiger partial charge in [-0.1, -0.05) is 19.3 Å². The van der Waals surface area contributed by atoms with Gasteiger partial charge in [0.15, 0.2) is 0 Å². The van der Waals surface area contributed by atoms with Crippen LogP contribution in [0.4, 0.5) is 0 Å². The summed E-state index contributed by atoms with van der Waals surface area (Å²) >= 11 is 0. The second-order valence-electron chi connectivity index (χ2n) is 8.19. The first kappa shape index (κ1) is 17.4. The molecule has 1 spiro atoms. The lowest BCUT2D eigenvalue weighted by Gasteiger charge is -2.44. The van der Waals surface area contributed by atoms with E-state index >= 15 is 0 Å². The molecule has 1 saturated carbocycles. The number of nitrogens with zero attached hydrogens (tertiary/aromatic N) is 4. The van der Waals surface area contributed by atoms with Crippen molar-refractivity contribution < 1.29 is 9.59 Å². The van der Waals surface area contributed by atoms with Gasteiger partial charge in [0.2, 0.25) is 5.91 Å². The Balaban J connectivity index is 1.48. The molecule has 0 unspecified atom stereocenters. The Morgan fingerprint density at radius 1 is 1.08 bits per heavy atom. The number of aromatic nitrogens is 2. The van der Waals surface area contributed by atoms with Crippen molar-refractivity contribution in [2.75, 3.05) is 19.6 Å². The molecular formula is C20H28N4O2. The van der Waals surface area contributed by atoms with E-state index in [2.05, 4.69) is 14.9 Å². The lowest BCUT2D eigenvalue weighted by molar-refractivity contribution is -0.149. The number of carbonyl (C=O) groups excluding carboxylic acids is 2. The molecule has 140 valence electrons. The Morgan fingerprint density at radius 2 is 1.88 bits per heavy atom. The molecule has 0 radical (unpaired) electrons. The lowest BCUT2D eigenvalue weighted by atomic mass is 9.77. The second kappa shape index (κ2) is 6.97. The van der Waals surface area contributed by atoms with E-state index in [1.54, 1.807) is 12.4 Å². The Hall–Kier alpha value is -1.98. The fourth-order valence-electron chi connectivity index (χ4n) is 4.93. The highest BCUT2D eigenvalue weighted by atomic mass is 16.2. The van der Waals surface area contributed by atoms with Crippen LogP contribution in [0.2, 0.25) is 0 Å². The van der Waals surface area contributed by atoms with Gasteiger partial charge in [0, 0.05) is 31.9 Å². The highest BCUT2D eigenvalue weighted by Crippen LogP contribution is 2.42. The van der Waals surface area contributed by atoms with Crippen LogP contribution < -0.4 is 0 Å². The number of piperidine rings is 1. The van der Waals surface area contributed by atoms with Crippen molar-refractivity contribution in [2.45, 2.75) is 64.3 Å². The molecule has 6 heteroatoms. The van der Waals surface area contributed by atoms with Crippen LogP contribution in [0.25, 0.3) is 0 Å². The molecule has 26 heavy (non-hydrogen) atoms. The SMILES string of the molecule is Cc1cnc(C(=O)N2CC[C@]3(CCCN(C4CCCCC4)C3=O)C2)cn1. The minimum absolute atomic E-state index is 0.100. The predicted octanol–water partition coefficient (Wildman–Crippen LogP) is 2.57. The Morgan fingerprint density at radius 3 is 2.62 bits per heavy atom. The van der Waals surface area contributed by atoms with Gasteiger partial charge in [-0.15, -0.1) is 0 Å². The van der Waals surface area contributed by atoms with Gasteiger partial charge in [-0.3, -0.25) is 14.6 Å². The van der Waals surface area contributed by atoms with Gasteiger partial charge in [-0.25, -0.2) is 4.98 Å². The van der Waals surface area contributed by atoms with Crippen LogP contribution in [0.3, 0.4) is 0 Å². The number of hydrogen-bond acceptors (Lipinski definition) is 4. The molecule has 0 aromatic carbocycles. The fourth-order valence-corrected chi connectivity index (χ4v) is 4.93. The summed E-state index contributed by atoms with van der Waals surface area (Å²) in [6.07, 6.45) is 11.9. The molecule has 0 bridgehead atoms. The summed E-state index contributed by atoms with van der Waals surface area (Å²) in [5.74, 6) is 0.193. The van der Waals surface area contributed by atoms with E-state index in [4.69, 9.17) is 0 Å². The first-order chi connectivity index (χ1) is 12.6. The molecule has 4 rings (SSSR count). The van der Waals surface area contributed by atoms with Gasteiger partial charge in [0.1, 0.15) is 5.69 Å². The molecule has 3 heterocycles. The van der Waals surface area contributed by atoms with Gasteiger partial charge in [0.05, 0.1) is 17.3 Å². The van der Waals surface area contributed by atoms with Crippen LogP contribution in [0.15, 0.2) is 12.4 Å². The maximum absolute atomic E-state index is 13.4. The average molecular weight is 356 g/mol. The van der Waals surface area contributed by atoms with Crippen LogP contribution in [0, 0.1) is 12.3 Å². The van der Waals surface area contributed by atoms with Gasteiger partial charge in [-0.05, 0) is 39.0 Å². The third-order valence-electron chi connectivity index (χ3n) is 6.43. The van der Waals surface area contributed by atoms with E-state index in [-0.39, 0.29) is 11.3 Å². The van der Waals surface area contributed by atoms with Crippen molar-refractivity contribution in [3.05, 3.63) is 23.8 Å². The minimum atomic E-state index is -0.372. The average Bonchev–Trinajstić information content (AvgIpc) is 3.10. The van der Waals surface area contributed by atoms with E-state index in [1.807, 2.05) is 11.8 Å². The number of amides is 2. The first-order valence-corrected chi connectivity index (χ1v) is 9.98. The monoisotopic (exact) mass is 356 g/mol. The third-order valence-corrected chi connectivity index (χ3v) is 6.43. The summed E-state index contributed by atoms with van der Waals surface area (Å²) in [7, 11) is 0. The molecule has 2 amide bonds. The van der Waals surface area contributed by atoms with E-state index < -0.39 is 0 Å². The summed E-state index contributed by atoms with van der Waals surface area (Å²) in [6, 6.07) is 0.418. The van der Waals surface area contributed by atoms with E-state index in [9.17, 15) is 9.59 Å². The molecule has 2 saturated heterocycles. The van der Waals surface area contributed by atoms with Gasteiger partial charge in [-0.2, -0.15) is 0 Å². The summed E-state index contributed by atoms with van der Waals surface area (Å²) in [5.41, 5.74) is 0.800. The van der Waals surface area contributed by atoms with Crippen molar-refractivity contribution in [3.63, 3.8) is 0 Å². The topological polar surface area (TPSA) is 66.4 Å². The number of carbonyl (C=O) groups is 2. The predicted molar refractivity (Wildman–Crippen MR) is 97.5 cm³/mol. The zero-order valence-electron chi connectivity index (χ0n) is 15.6. The largest absolute Gasteiger partial charge is 0.339 e. The maximum atomic E-state index is 13.4. The first-order valence-electron chi connectivity index (χ1n) is 9.98. The van der Waals surface area contributed by atoms with Crippen molar-refractivity contribution >= 4 is 11.8 Å². The van der Waals surface area contributed by atoms with Crippen molar-refractivity contribution in [3.8, 4) is 0 Å². The lowest BCUT2D eigenvalue weighted by Crippen LogP contribution is -2.54. The molecule has 3 aliphatic rings. The van der Waals surface area contributed by atoms with Crippen LogP contribution >= 0.6 is 0 Å². The summed E-state index contributed by atoms with van der Waals surface area (Å²) in [5, 5.41) is 0. The summed E-state index contributed by atoms with van der Waals surface area (Å²) < 4.78 is 0. The Bertz CT molecular complexity index is 684. The van der Waals surface area contributed by atoms with E-state index in [0.29, 0.717) is 30.7 Å². The fraction of sp³-hybridized carbons (Fsp3) is 0.700. The van der Waals surface area contributed by atoms with Gasteiger partial charge < -0.3 is 9.80 Å². The second-order valence-corrected chi connectivity index (χ2v) is 8.19. The quantitative estimate of drug-likeness (QED) is 0.817. The molecule has 1 atom stereocenters. The molecule has 0 N–H and O–H groups in total. The van der Waals surface area contributed by atoms with Crippen molar-refractivity contribution in [1.29, 1.82) is 0 Å². The van der Waals surface area contributed by atoms with Gasteiger partial charge >= 0.3 is 0 Å². The molecule has 1 aliphatic carbocycles. The van der Waals surface area contributed by atoms with Gasteiger partial charge in [0.25, 0.3) is 5.91 Å². The summed E-state index contributed by atoms with van der Waals surface area (Å²) in [4.78, 5) is 38.5. The highest BCUT2D eigenvalue weighted by molar-refractivity contribution is 5.93. The summed E-state index contributed by atoms with van der Waals surface area (Å²) in [6.45, 7) is 3.91. The smallest absolute Gasteiger partial charge is 0.274 e. The minimum Gasteiger partial charge on any atom is -0.339 e. The zero-order chi connectivity index (χ0) is 18.1. The Labute approximate surface area is 155 Å². The number of likely N-dealkylation sites (tertiary alicyclic amines) is 2. The molecule has 2 aliphatic heterocycles. The normalized spacial score (nSPS) is 27.3. The van der Waals surface area contributed by atoms with E-state index in [0.717, 1.165) is 44.3 Å². The zero-order valence-corrected chi connectivity index (χ0v) is 15.6. The van der Waals surface area contributed by atoms with Crippen molar-refractivity contribution in [1.82, 2.24) is 19.8 Å². The maximum Gasteiger partial charge on any atom is 0.274 e. The molecule has 6 nitrogen and oxygen atoms in total.